The SMILES string of the molecule is C[C@@H](NC(=O)[CH]1CCC[CH2][In]1[N]1CCN(C)CC1)c1ccccc1. The molecule has 2 heterocycles. The molecule has 1 aromatic rings. The average Bonchev–Trinajstić information content (AvgIpc) is 2.63. The van der Waals surface area contributed by atoms with Crippen molar-refractivity contribution in [3.63, 3.8) is 0 Å². The van der Waals surface area contributed by atoms with Crippen LogP contribution in [0.5, 0.6) is 0 Å². The third-order valence-corrected chi connectivity index (χ3v) is 17.2. The zero-order chi connectivity index (χ0) is 16.9. The number of carbonyl (C=O) groups is 1. The van der Waals surface area contributed by atoms with Crippen LogP contribution in [0.3, 0.4) is 0 Å². The Morgan fingerprint density at radius 2 is 1.88 bits per heavy atom. The molecule has 0 aliphatic carbocycles. The Morgan fingerprint density at radius 3 is 2.58 bits per heavy atom. The van der Waals surface area contributed by atoms with E-state index in [9.17, 15) is 4.79 Å². The number of benzene rings is 1. The predicted molar refractivity (Wildman–Crippen MR) is 100 cm³/mol. The number of likely N-dealkylation sites (N-methyl/N-ethyl adjacent to an activating group) is 1. The van der Waals surface area contributed by atoms with Crippen molar-refractivity contribution in [3.05, 3.63) is 35.9 Å². The number of hydrogen-bond donors (Lipinski definition) is 1. The maximum atomic E-state index is 13.0. The molecule has 0 bridgehead atoms. The summed E-state index contributed by atoms with van der Waals surface area (Å²) in [5.41, 5.74) is 1.20. The first-order chi connectivity index (χ1) is 11.6. The van der Waals surface area contributed by atoms with Crippen LogP contribution < -0.4 is 5.32 Å². The second-order valence-electron chi connectivity index (χ2n) is 7.44. The van der Waals surface area contributed by atoms with Gasteiger partial charge in [-0.25, -0.2) is 0 Å². The maximum absolute atomic E-state index is 13.0. The van der Waals surface area contributed by atoms with Crippen LogP contribution in [0, 0.1) is 0 Å². The summed E-state index contributed by atoms with van der Waals surface area (Å²) in [6, 6.07) is 10.4. The second-order valence-corrected chi connectivity index (χ2v) is 16.7. The zero-order valence-electron chi connectivity index (χ0n) is 15.1. The summed E-state index contributed by atoms with van der Waals surface area (Å²) in [7, 11) is 2.21. The summed E-state index contributed by atoms with van der Waals surface area (Å²) < 4.78 is 4.51. The first-order valence-electron chi connectivity index (χ1n) is 9.43. The summed E-state index contributed by atoms with van der Waals surface area (Å²) in [6.07, 6.45) is 3.71. The van der Waals surface area contributed by atoms with E-state index in [1.54, 1.807) is 0 Å². The van der Waals surface area contributed by atoms with Crippen LogP contribution in [-0.4, -0.2) is 68.6 Å². The number of rotatable bonds is 4. The van der Waals surface area contributed by atoms with Crippen molar-refractivity contribution in [1.82, 2.24) is 13.1 Å². The van der Waals surface area contributed by atoms with E-state index in [0.29, 0.717) is 9.58 Å². The van der Waals surface area contributed by atoms with Gasteiger partial charge in [0.05, 0.1) is 0 Å². The van der Waals surface area contributed by atoms with Gasteiger partial charge in [-0.05, 0) is 0 Å². The number of piperazine rings is 1. The van der Waals surface area contributed by atoms with E-state index in [1.165, 1.54) is 48.8 Å². The van der Waals surface area contributed by atoms with Crippen LogP contribution in [0.15, 0.2) is 30.3 Å². The van der Waals surface area contributed by atoms with Crippen LogP contribution in [-0.2, 0) is 4.79 Å². The fourth-order valence-corrected chi connectivity index (χ4v) is 15.4. The van der Waals surface area contributed by atoms with Crippen molar-refractivity contribution >= 4 is 27.6 Å². The molecule has 4 nitrogen and oxygen atoms in total. The fourth-order valence-electron chi connectivity index (χ4n) is 4.15. The van der Waals surface area contributed by atoms with E-state index in [-0.39, 0.29) is 6.04 Å². The van der Waals surface area contributed by atoms with Gasteiger partial charge in [-0.2, -0.15) is 0 Å². The summed E-state index contributed by atoms with van der Waals surface area (Å²) in [6.45, 7) is 6.82. The molecule has 0 aromatic heterocycles. The van der Waals surface area contributed by atoms with Gasteiger partial charge in [0.15, 0.2) is 0 Å². The van der Waals surface area contributed by atoms with Gasteiger partial charge in [0, 0.05) is 0 Å². The number of nitrogens with one attached hydrogen (secondary N) is 1. The summed E-state index contributed by atoms with van der Waals surface area (Å²) in [5, 5.41) is 3.32. The molecule has 1 unspecified atom stereocenters. The van der Waals surface area contributed by atoms with Gasteiger partial charge in [0.2, 0.25) is 0 Å². The van der Waals surface area contributed by atoms with Crippen molar-refractivity contribution in [1.29, 1.82) is 0 Å². The molecular weight excluding hydrogens is 401 g/mol. The molecule has 0 spiro atoms. The van der Waals surface area contributed by atoms with Gasteiger partial charge in [0.25, 0.3) is 0 Å². The predicted octanol–water partition coefficient (Wildman–Crippen LogP) is 2.66. The van der Waals surface area contributed by atoms with Gasteiger partial charge in [-0.1, -0.05) is 0 Å². The fraction of sp³-hybridized carbons (Fsp3) is 0.632. The Labute approximate surface area is 154 Å². The normalized spacial score (nSPS) is 24.6. The van der Waals surface area contributed by atoms with Crippen LogP contribution in [0.2, 0.25) is 7.85 Å². The molecule has 130 valence electrons. The van der Waals surface area contributed by atoms with Gasteiger partial charge >= 0.3 is 155 Å². The molecule has 2 fully saturated rings. The molecule has 1 aromatic carbocycles. The first kappa shape index (κ1) is 18.3. The average molecular weight is 431 g/mol. The second kappa shape index (κ2) is 8.72. The Balaban J connectivity index is 1.63. The van der Waals surface area contributed by atoms with Gasteiger partial charge in [-0.3, -0.25) is 0 Å². The van der Waals surface area contributed by atoms with Gasteiger partial charge in [0.1, 0.15) is 0 Å². The first-order valence-corrected chi connectivity index (χ1v) is 15.1. The molecule has 2 aliphatic rings. The van der Waals surface area contributed by atoms with E-state index < -0.39 is 21.7 Å². The van der Waals surface area contributed by atoms with Crippen molar-refractivity contribution < 1.29 is 4.79 Å². The molecule has 3 rings (SSSR count). The van der Waals surface area contributed by atoms with Crippen LogP contribution in [0.25, 0.3) is 0 Å². The minimum absolute atomic E-state index is 0.111. The monoisotopic (exact) mass is 431 g/mol. The molecule has 5 heteroatoms. The van der Waals surface area contributed by atoms with Crippen molar-refractivity contribution in [3.8, 4) is 0 Å². The molecule has 1 amide bonds. The zero-order valence-corrected chi connectivity index (χ0v) is 18.4. The molecule has 2 saturated heterocycles. The Hall–Kier alpha value is -0.520. The van der Waals surface area contributed by atoms with Crippen molar-refractivity contribution in [2.45, 2.75) is 40.1 Å². The number of amides is 1. The van der Waals surface area contributed by atoms with Crippen LogP contribution in [0.4, 0.5) is 0 Å². The summed E-state index contributed by atoms with van der Waals surface area (Å²) in [4.78, 5) is 15.4. The quantitative estimate of drug-likeness (QED) is 0.797. The van der Waals surface area contributed by atoms with Crippen molar-refractivity contribution in [2.24, 2.45) is 0 Å². The number of carbonyl (C=O) groups excluding carboxylic acids is 1. The molecule has 0 radical (unpaired) electrons. The molecular formula is C19H30InN3O. The van der Waals surface area contributed by atoms with Crippen molar-refractivity contribution in [2.75, 3.05) is 33.2 Å². The Morgan fingerprint density at radius 1 is 1.17 bits per heavy atom. The van der Waals surface area contributed by atoms with E-state index in [1.807, 2.05) is 18.2 Å². The topological polar surface area (TPSA) is 35.6 Å². The minimum atomic E-state index is -1.98. The Kier molecular flexibility index (Phi) is 6.64. The molecule has 24 heavy (non-hydrogen) atoms. The van der Waals surface area contributed by atoms with Gasteiger partial charge < -0.3 is 0 Å². The van der Waals surface area contributed by atoms with Gasteiger partial charge in [-0.15, -0.1) is 0 Å². The number of hydrogen-bond acceptors (Lipinski definition) is 3. The third-order valence-electron chi connectivity index (χ3n) is 5.73. The van der Waals surface area contributed by atoms with Crippen LogP contribution in [0.1, 0.15) is 37.8 Å². The molecule has 1 N–H and O–H groups in total. The summed E-state index contributed by atoms with van der Waals surface area (Å²) in [5.74, 6) is 0.339. The van der Waals surface area contributed by atoms with E-state index in [2.05, 4.69) is 39.2 Å². The Bertz CT molecular complexity index is 531. The standard InChI is InChI=1S/C14H19NO.C5H11N2.In/c1-3-4-6-11-14(16)15-12(2)13-9-7-5-8-10-13;1-7-4-2-6-3-5-7;/h5,7-12H,1,3-4,6H2,2H3,(H,15,16);2-5H2,1H3;/q;-1;+1/t12-;;/m1../s1. The van der Waals surface area contributed by atoms with E-state index >= 15 is 0 Å². The van der Waals surface area contributed by atoms with E-state index in [4.69, 9.17) is 0 Å². The summed E-state index contributed by atoms with van der Waals surface area (Å²) >= 11 is -1.98. The number of nitrogens with zero attached hydrogens (tertiary/aromatic N) is 2. The van der Waals surface area contributed by atoms with E-state index in [0.717, 1.165) is 6.42 Å². The molecule has 0 saturated carbocycles. The molecule has 2 atom stereocenters. The third kappa shape index (κ3) is 4.55. The molecule has 2 aliphatic heterocycles. The van der Waals surface area contributed by atoms with Crippen LogP contribution >= 0.6 is 0 Å².